The van der Waals surface area contributed by atoms with Gasteiger partial charge >= 0.3 is 5.97 Å². The predicted octanol–water partition coefficient (Wildman–Crippen LogP) is 9.20. The minimum absolute atomic E-state index is 0.0292. The first kappa shape index (κ1) is 40.2. The van der Waals surface area contributed by atoms with E-state index in [1.165, 1.54) is 57.8 Å². The van der Waals surface area contributed by atoms with E-state index in [4.69, 9.17) is 4.74 Å². The van der Waals surface area contributed by atoms with Crippen LogP contribution in [0.1, 0.15) is 116 Å². The zero-order valence-corrected chi connectivity index (χ0v) is 32.6. The standard InChI is InChI=1S/C40H58BrN7O3/c1-4-6-7-8-9-10-11-12-13-14-15-16-17-18-19-20-36(49)51-29-31(27-32-28-42-30-47(32)3)33(5-2)39(50)48-26-25-45-40(48)46-34-21-22-35-38(37(34)41)44-24-23-43-35/h12-13,21-24,28,30-31,33H,4-11,14-20,25-27,29H2,1-3H3,(H,45,46)/b13-12-/t31-,33-/m0/s1. The highest BCUT2D eigenvalue weighted by Crippen LogP contribution is 2.31. The second-order valence-corrected chi connectivity index (χ2v) is 14.5. The Morgan fingerprint density at radius 3 is 2.37 bits per heavy atom. The highest BCUT2D eigenvalue weighted by molar-refractivity contribution is 9.10. The number of esters is 1. The maximum atomic E-state index is 14.2. The molecule has 2 aromatic heterocycles. The fourth-order valence-electron chi connectivity index (χ4n) is 6.68. The molecule has 0 radical (unpaired) electrons. The van der Waals surface area contributed by atoms with E-state index in [0.717, 1.165) is 52.6 Å². The number of unbranched alkanes of at least 4 members (excludes halogenated alkanes) is 11. The first-order chi connectivity index (χ1) is 24.9. The van der Waals surface area contributed by atoms with Crippen LogP contribution in [0.2, 0.25) is 0 Å². The van der Waals surface area contributed by atoms with Gasteiger partial charge in [-0.1, -0.05) is 77.4 Å². The molecule has 1 aliphatic heterocycles. The molecule has 10 nitrogen and oxygen atoms in total. The Labute approximate surface area is 313 Å². The van der Waals surface area contributed by atoms with Crippen molar-refractivity contribution in [1.29, 1.82) is 0 Å². The number of nitrogens with zero attached hydrogens (tertiary/aromatic N) is 6. The van der Waals surface area contributed by atoms with Gasteiger partial charge in [0.1, 0.15) is 5.52 Å². The molecule has 1 aromatic carbocycles. The second kappa shape index (κ2) is 22.4. The lowest BCUT2D eigenvalue weighted by Crippen LogP contribution is -2.45. The average molecular weight is 765 g/mol. The molecule has 1 aliphatic rings. The van der Waals surface area contributed by atoms with Gasteiger partial charge in [-0.15, -0.1) is 0 Å². The SMILES string of the molecule is CCCCCCCC/C=C\CCCCCCCC(=O)OC[C@H](Cc1cncn1C)[C@H](CC)C(=O)N1CCN=C1Nc1ccc2nccnc2c1Br. The molecule has 0 aliphatic carbocycles. The van der Waals surface area contributed by atoms with Crippen LogP contribution in [0.25, 0.3) is 11.0 Å². The number of aromatic nitrogens is 4. The number of carbonyl (C=O) groups is 2. The lowest BCUT2D eigenvalue weighted by Gasteiger charge is -2.30. The van der Waals surface area contributed by atoms with Gasteiger partial charge in [-0.25, -0.2) is 4.98 Å². The molecule has 0 bridgehead atoms. The smallest absolute Gasteiger partial charge is 0.305 e. The number of rotatable bonds is 23. The van der Waals surface area contributed by atoms with Crippen molar-refractivity contribution >= 4 is 50.5 Å². The van der Waals surface area contributed by atoms with Gasteiger partial charge in [0.15, 0.2) is 0 Å². The monoisotopic (exact) mass is 763 g/mol. The number of carbonyl (C=O) groups excluding carboxylic acids is 2. The number of fused-ring (bicyclic) bond motifs is 1. The van der Waals surface area contributed by atoms with Crippen LogP contribution in [0, 0.1) is 11.8 Å². The molecule has 0 saturated carbocycles. The third kappa shape index (κ3) is 12.8. The molecule has 0 fully saturated rings. The molecule has 11 heteroatoms. The summed E-state index contributed by atoms with van der Waals surface area (Å²) in [7, 11) is 1.95. The van der Waals surface area contributed by atoms with Crippen LogP contribution in [0.15, 0.2) is 58.7 Å². The van der Waals surface area contributed by atoms with Crippen molar-refractivity contribution in [2.45, 2.75) is 117 Å². The molecule has 3 heterocycles. The number of amides is 1. The number of anilines is 1. The number of guanidine groups is 1. The summed E-state index contributed by atoms with van der Waals surface area (Å²) in [5.41, 5.74) is 3.25. The topological polar surface area (TPSA) is 115 Å². The van der Waals surface area contributed by atoms with E-state index in [1.807, 2.05) is 36.9 Å². The van der Waals surface area contributed by atoms with Crippen molar-refractivity contribution in [1.82, 2.24) is 24.4 Å². The van der Waals surface area contributed by atoms with Crippen molar-refractivity contribution in [2.24, 2.45) is 23.9 Å². The van der Waals surface area contributed by atoms with Gasteiger partial charge < -0.3 is 14.6 Å². The molecule has 4 rings (SSSR count). The summed E-state index contributed by atoms with van der Waals surface area (Å²) in [6.07, 6.45) is 29.0. The number of benzene rings is 1. The van der Waals surface area contributed by atoms with Crippen LogP contribution in [-0.2, 0) is 27.8 Å². The van der Waals surface area contributed by atoms with Gasteiger partial charge in [0.05, 0.1) is 35.2 Å². The summed E-state index contributed by atoms with van der Waals surface area (Å²) in [5.74, 6) is -0.301. The molecule has 0 spiro atoms. The average Bonchev–Trinajstić information content (AvgIpc) is 3.78. The Hall–Kier alpha value is -3.60. The lowest BCUT2D eigenvalue weighted by atomic mass is 9.85. The van der Waals surface area contributed by atoms with Crippen molar-refractivity contribution in [2.75, 3.05) is 25.0 Å². The minimum Gasteiger partial charge on any atom is -0.465 e. The number of nitrogens with one attached hydrogen (secondary N) is 1. The zero-order valence-electron chi connectivity index (χ0n) is 31.0. The van der Waals surface area contributed by atoms with Crippen LogP contribution in [0.4, 0.5) is 5.69 Å². The van der Waals surface area contributed by atoms with Crippen LogP contribution in [-0.4, -0.2) is 62.0 Å². The molecule has 51 heavy (non-hydrogen) atoms. The maximum absolute atomic E-state index is 14.2. The van der Waals surface area contributed by atoms with E-state index in [1.54, 1.807) is 23.6 Å². The van der Waals surface area contributed by atoms with Gasteiger partial charge in [0.25, 0.3) is 0 Å². The van der Waals surface area contributed by atoms with Crippen molar-refractivity contribution in [3.63, 3.8) is 0 Å². The van der Waals surface area contributed by atoms with Crippen molar-refractivity contribution in [3.8, 4) is 0 Å². The molecule has 278 valence electrons. The van der Waals surface area contributed by atoms with Crippen LogP contribution < -0.4 is 5.32 Å². The Bertz CT molecular complexity index is 1570. The third-order valence-electron chi connectivity index (χ3n) is 9.75. The van der Waals surface area contributed by atoms with Crippen molar-refractivity contribution in [3.05, 3.63) is 59.4 Å². The van der Waals surface area contributed by atoms with E-state index >= 15 is 0 Å². The van der Waals surface area contributed by atoms with Crippen molar-refractivity contribution < 1.29 is 14.3 Å². The largest absolute Gasteiger partial charge is 0.465 e. The quantitative estimate of drug-likeness (QED) is 0.0582. The minimum atomic E-state index is -0.372. The zero-order chi connectivity index (χ0) is 36.3. The third-order valence-corrected chi connectivity index (χ3v) is 10.5. The number of halogens is 1. The molecule has 0 saturated heterocycles. The van der Waals surface area contributed by atoms with Crippen LogP contribution >= 0.6 is 15.9 Å². The summed E-state index contributed by atoms with van der Waals surface area (Å²) in [6, 6.07) is 3.80. The number of aliphatic imine (C=N–C) groups is 1. The van der Waals surface area contributed by atoms with Gasteiger partial charge in [-0.05, 0) is 73.0 Å². The Morgan fingerprint density at radius 2 is 1.67 bits per heavy atom. The Balaban J connectivity index is 1.23. The molecule has 0 unspecified atom stereocenters. The van der Waals surface area contributed by atoms with Crippen LogP contribution in [0.5, 0.6) is 0 Å². The summed E-state index contributed by atoms with van der Waals surface area (Å²) >= 11 is 3.66. The van der Waals surface area contributed by atoms with E-state index in [9.17, 15) is 9.59 Å². The number of hydrogen-bond acceptors (Lipinski definition) is 8. The van der Waals surface area contributed by atoms with Gasteiger partial charge in [0.2, 0.25) is 11.9 Å². The van der Waals surface area contributed by atoms with E-state index in [-0.39, 0.29) is 30.3 Å². The van der Waals surface area contributed by atoms with Gasteiger partial charge in [-0.2, -0.15) is 0 Å². The summed E-state index contributed by atoms with van der Waals surface area (Å²) in [5, 5.41) is 3.35. The molecular formula is C40H58BrN7O3. The highest BCUT2D eigenvalue weighted by atomic mass is 79.9. The van der Waals surface area contributed by atoms with E-state index in [0.29, 0.717) is 38.3 Å². The number of hydrogen-bond donors (Lipinski definition) is 1. The predicted molar refractivity (Wildman–Crippen MR) is 209 cm³/mol. The second-order valence-electron chi connectivity index (χ2n) is 13.7. The number of ether oxygens (including phenoxy) is 1. The fraction of sp³-hybridized carbons (Fsp3) is 0.600. The molecule has 1 amide bonds. The Kier molecular flexibility index (Phi) is 17.6. The number of aryl methyl sites for hydroxylation is 1. The number of allylic oxidation sites excluding steroid dienone is 2. The fourth-order valence-corrected chi connectivity index (χ4v) is 7.21. The lowest BCUT2D eigenvalue weighted by molar-refractivity contribution is -0.148. The first-order valence-electron chi connectivity index (χ1n) is 19.2. The summed E-state index contributed by atoms with van der Waals surface area (Å²) < 4.78 is 8.59. The van der Waals surface area contributed by atoms with Gasteiger partial charge in [0, 0.05) is 56.1 Å². The molecular weight excluding hydrogens is 706 g/mol. The van der Waals surface area contributed by atoms with Gasteiger partial charge in [-0.3, -0.25) is 29.4 Å². The molecule has 1 N–H and O–H groups in total. The summed E-state index contributed by atoms with van der Waals surface area (Å²) in [6.45, 7) is 5.45. The summed E-state index contributed by atoms with van der Waals surface area (Å²) in [4.78, 5) is 46.6. The Morgan fingerprint density at radius 1 is 0.961 bits per heavy atom. The van der Waals surface area contributed by atoms with E-state index in [2.05, 4.69) is 60.3 Å². The first-order valence-corrected chi connectivity index (χ1v) is 20.0. The van der Waals surface area contributed by atoms with Crippen LogP contribution in [0.3, 0.4) is 0 Å². The normalized spacial score (nSPS) is 14.3. The molecule has 3 aromatic rings. The number of imidazole rings is 1. The molecule has 2 atom stereocenters. The van der Waals surface area contributed by atoms with E-state index < -0.39 is 0 Å². The highest BCUT2D eigenvalue weighted by Gasteiger charge is 2.35. The maximum Gasteiger partial charge on any atom is 0.305 e.